The highest BCUT2D eigenvalue weighted by Crippen LogP contribution is 2.50. The van der Waals surface area contributed by atoms with Crippen molar-refractivity contribution in [1.29, 1.82) is 0 Å². The molecule has 7 heteroatoms. The Kier molecular flexibility index (Phi) is 5.79. The number of anilines is 1. The fourth-order valence-corrected chi connectivity index (χ4v) is 4.81. The molecule has 0 radical (unpaired) electrons. The van der Waals surface area contributed by atoms with E-state index in [1.54, 1.807) is 26.0 Å². The van der Waals surface area contributed by atoms with E-state index >= 15 is 0 Å². The first-order valence-electron chi connectivity index (χ1n) is 11.0. The number of pyridine rings is 1. The summed E-state index contributed by atoms with van der Waals surface area (Å²) in [6, 6.07) is 11.8. The number of nitrogens with one attached hydrogen (secondary N) is 1. The number of ether oxygens (including phenoxy) is 1. The zero-order valence-corrected chi connectivity index (χ0v) is 19.2. The normalized spacial score (nSPS) is 15.8. The van der Waals surface area contributed by atoms with Crippen LogP contribution in [0.15, 0.2) is 42.5 Å². The second-order valence-electron chi connectivity index (χ2n) is 9.84. The number of nitrogens with zero attached hydrogens (tertiary/aromatic N) is 1. The molecule has 33 heavy (non-hydrogen) atoms. The van der Waals surface area contributed by atoms with Gasteiger partial charge in [0.2, 0.25) is 0 Å². The van der Waals surface area contributed by atoms with E-state index in [2.05, 4.69) is 10.3 Å². The van der Waals surface area contributed by atoms with Gasteiger partial charge in [-0.05, 0) is 62.1 Å². The molecule has 0 spiro atoms. The number of hydrogen-bond acceptors (Lipinski definition) is 3. The molecule has 2 aromatic carbocycles. The third kappa shape index (κ3) is 4.50. The summed E-state index contributed by atoms with van der Waals surface area (Å²) in [6.45, 7) is 6.61. The lowest BCUT2D eigenvalue weighted by atomic mass is 9.69. The average molecular weight is 461 g/mol. The number of aryl methyl sites for hydroxylation is 1. The minimum absolute atomic E-state index is 0.238. The maximum atomic E-state index is 14.4. The van der Waals surface area contributed by atoms with Crippen LogP contribution < -0.4 is 10.1 Å². The van der Waals surface area contributed by atoms with Gasteiger partial charge in [0, 0.05) is 40.9 Å². The molecule has 3 nitrogen and oxygen atoms in total. The fraction of sp³-hybridized carbons (Fsp3) is 0.423. The molecule has 1 aromatic heterocycles. The summed E-state index contributed by atoms with van der Waals surface area (Å²) in [7, 11) is 0. The van der Waals surface area contributed by atoms with Gasteiger partial charge in [0.25, 0.3) is 0 Å². The van der Waals surface area contributed by atoms with Gasteiger partial charge in [0.1, 0.15) is 11.6 Å². The maximum absolute atomic E-state index is 14.4. The van der Waals surface area contributed by atoms with Crippen LogP contribution in [-0.2, 0) is 11.8 Å². The van der Waals surface area contributed by atoms with Gasteiger partial charge in [-0.25, -0.2) is 4.39 Å². The van der Waals surface area contributed by atoms with Crippen molar-refractivity contribution in [2.75, 3.05) is 18.5 Å². The largest absolute Gasteiger partial charge is 0.493 e. The van der Waals surface area contributed by atoms with Gasteiger partial charge in [0.15, 0.2) is 0 Å². The predicted octanol–water partition coefficient (Wildman–Crippen LogP) is 6.97. The van der Waals surface area contributed by atoms with Gasteiger partial charge < -0.3 is 10.1 Å². The van der Waals surface area contributed by atoms with Crippen molar-refractivity contribution in [2.24, 2.45) is 5.41 Å². The SMILES string of the molecule is Cc1ccc2c(NCC(C)(CC(C)(C)c3cc(F)cc4c3OCC4)C(F)(F)F)cccc2n1. The van der Waals surface area contributed by atoms with E-state index in [1.165, 1.54) is 19.1 Å². The number of alkyl halides is 3. The lowest BCUT2D eigenvalue weighted by Gasteiger charge is -2.40. The number of benzene rings is 2. The topological polar surface area (TPSA) is 34.1 Å². The molecule has 0 saturated carbocycles. The molecule has 1 unspecified atom stereocenters. The minimum Gasteiger partial charge on any atom is -0.493 e. The molecule has 0 aliphatic carbocycles. The van der Waals surface area contributed by atoms with Crippen molar-refractivity contribution in [3.63, 3.8) is 0 Å². The smallest absolute Gasteiger partial charge is 0.395 e. The Hall–Kier alpha value is -2.83. The first-order valence-corrected chi connectivity index (χ1v) is 11.0. The Balaban J connectivity index is 1.65. The molecular weight excluding hydrogens is 432 g/mol. The number of aromatic nitrogens is 1. The molecular formula is C26H28F4N2O. The van der Waals surface area contributed by atoms with Crippen LogP contribution in [0.3, 0.4) is 0 Å². The fourth-order valence-electron chi connectivity index (χ4n) is 4.81. The second kappa shape index (κ2) is 8.19. The van der Waals surface area contributed by atoms with Gasteiger partial charge in [-0.2, -0.15) is 13.2 Å². The standard InChI is InChI=1S/C26H28F4N2O/c1-16-8-9-19-21(6-5-7-22(19)32-16)31-15-25(4,26(28,29)30)14-24(2,3)20-13-18(27)12-17-10-11-33-23(17)20/h5-9,12-13,31H,10-11,14-15H2,1-4H3. The van der Waals surface area contributed by atoms with E-state index in [9.17, 15) is 17.6 Å². The molecule has 0 saturated heterocycles. The third-order valence-electron chi connectivity index (χ3n) is 6.53. The highest BCUT2D eigenvalue weighted by molar-refractivity contribution is 5.91. The van der Waals surface area contributed by atoms with Gasteiger partial charge in [-0.3, -0.25) is 4.98 Å². The van der Waals surface area contributed by atoms with Crippen LogP contribution >= 0.6 is 0 Å². The molecule has 3 aromatic rings. The average Bonchev–Trinajstić information content (AvgIpc) is 3.18. The monoisotopic (exact) mass is 460 g/mol. The van der Waals surface area contributed by atoms with Crippen molar-refractivity contribution < 1.29 is 22.3 Å². The molecule has 1 N–H and O–H groups in total. The Bertz CT molecular complexity index is 1190. The lowest BCUT2D eigenvalue weighted by Crippen LogP contribution is -2.45. The minimum atomic E-state index is -4.48. The van der Waals surface area contributed by atoms with Crippen LogP contribution in [0, 0.1) is 18.2 Å². The van der Waals surface area contributed by atoms with Gasteiger partial charge in [-0.1, -0.05) is 19.9 Å². The first-order chi connectivity index (χ1) is 15.4. The van der Waals surface area contributed by atoms with Crippen LogP contribution in [-0.4, -0.2) is 24.3 Å². The lowest BCUT2D eigenvalue weighted by molar-refractivity contribution is -0.219. The summed E-state index contributed by atoms with van der Waals surface area (Å²) >= 11 is 0. The highest BCUT2D eigenvalue weighted by Gasteiger charge is 2.53. The molecule has 1 aliphatic rings. The van der Waals surface area contributed by atoms with Crippen LogP contribution in [0.1, 0.15) is 44.0 Å². The van der Waals surface area contributed by atoms with Crippen LogP contribution in [0.2, 0.25) is 0 Å². The Morgan fingerprint density at radius 2 is 1.82 bits per heavy atom. The van der Waals surface area contributed by atoms with Crippen molar-refractivity contribution in [3.05, 3.63) is 65.1 Å². The van der Waals surface area contributed by atoms with Crippen LogP contribution in [0.5, 0.6) is 5.75 Å². The van der Waals surface area contributed by atoms with E-state index in [4.69, 9.17) is 4.74 Å². The van der Waals surface area contributed by atoms with Gasteiger partial charge in [-0.15, -0.1) is 0 Å². The van der Waals surface area contributed by atoms with E-state index in [0.717, 1.165) is 16.6 Å². The van der Waals surface area contributed by atoms with Crippen molar-refractivity contribution >= 4 is 16.6 Å². The molecule has 176 valence electrons. The van der Waals surface area contributed by atoms with Crippen molar-refractivity contribution in [3.8, 4) is 5.75 Å². The summed E-state index contributed by atoms with van der Waals surface area (Å²) in [6.07, 6.45) is -4.16. The molecule has 1 atom stereocenters. The number of fused-ring (bicyclic) bond motifs is 2. The second-order valence-corrected chi connectivity index (χ2v) is 9.84. The maximum Gasteiger partial charge on any atom is 0.395 e. The molecule has 1 aliphatic heterocycles. The zero-order valence-electron chi connectivity index (χ0n) is 19.2. The number of hydrogen-bond donors (Lipinski definition) is 1. The predicted molar refractivity (Wildman–Crippen MR) is 122 cm³/mol. The van der Waals surface area contributed by atoms with Crippen molar-refractivity contribution in [1.82, 2.24) is 4.98 Å². The van der Waals surface area contributed by atoms with Crippen molar-refractivity contribution in [2.45, 2.75) is 52.1 Å². The Morgan fingerprint density at radius 3 is 2.55 bits per heavy atom. The summed E-state index contributed by atoms with van der Waals surface area (Å²) in [5, 5.41) is 3.79. The summed E-state index contributed by atoms with van der Waals surface area (Å²) in [4.78, 5) is 4.46. The molecule has 0 bridgehead atoms. The quantitative estimate of drug-likeness (QED) is 0.404. The van der Waals surface area contributed by atoms with E-state index in [0.29, 0.717) is 35.6 Å². The summed E-state index contributed by atoms with van der Waals surface area (Å²) in [5.74, 6) is 0.0714. The number of rotatable bonds is 6. The third-order valence-corrected chi connectivity index (χ3v) is 6.53. The van der Waals surface area contributed by atoms with E-state index in [-0.39, 0.29) is 13.0 Å². The number of halogens is 4. The van der Waals surface area contributed by atoms with Gasteiger partial charge >= 0.3 is 6.18 Å². The molecule has 2 heterocycles. The summed E-state index contributed by atoms with van der Waals surface area (Å²) in [5.41, 5.74) is 0.309. The van der Waals surface area contributed by atoms with E-state index in [1.807, 2.05) is 25.1 Å². The Labute approximate surface area is 191 Å². The summed E-state index contributed by atoms with van der Waals surface area (Å²) < 4.78 is 63.2. The van der Waals surface area contributed by atoms with Gasteiger partial charge in [0.05, 0.1) is 17.5 Å². The molecule has 0 fully saturated rings. The van der Waals surface area contributed by atoms with E-state index < -0.39 is 22.8 Å². The molecule has 4 rings (SSSR count). The zero-order chi connectivity index (χ0) is 24.0. The first kappa shape index (κ1) is 23.3. The Morgan fingerprint density at radius 1 is 1.06 bits per heavy atom. The van der Waals surface area contributed by atoms with Crippen LogP contribution in [0.4, 0.5) is 23.2 Å². The van der Waals surface area contributed by atoms with Crippen LogP contribution in [0.25, 0.3) is 10.9 Å². The molecule has 0 amide bonds. The highest BCUT2D eigenvalue weighted by atomic mass is 19.4.